The van der Waals surface area contributed by atoms with Crippen LogP contribution < -0.4 is 5.56 Å². The molecule has 25 heavy (non-hydrogen) atoms. The fraction of sp³-hybridized carbons (Fsp3) is 0.526. The van der Waals surface area contributed by atoms with Crippen LogP contribution in [0.25, 0.3) is 0 Å². The first-order valence-corrected chi connectivity index (χ1v) is 8.91. The number of hydrogen-bond acceptors (Lipinski definition) is 3. The summed E-state index contributed by atoms with van der Waals surface area (Å²) in [6, 6.07) is 5.33. The Kier molecular flexibility index (Phi) is 3.98. The third kappa shape index (κ3) is 2.79. The van der Waals surface area contributed by atoms with E-state index in [0.717, 1.165) is 12.1 Å². The summed E-state index contributed by atoms with van der Waals surface area (Å²) in [6.07, 6.45) is 5.68. The standard InChI is InChI=1S/C19H22N2O4/c22-17-7-3-6-16-13-8-12(10-21(16)17)9-20(11-13)18(23)14-4-1-2-5-15(14)19(24)25/h1-3,6-7,12-15H,4-5,8-11H2,(H,24,25). The van der Waals surface area contributed by atoms with Crippen molar-refractivity contribution in [1.29, 1.82) is 0 Å². The van der Waals surface area contributed by atoms with Gasteiger partial charge in [0, 0.05) is 37.3 Å². The summed E-state index contributed by atoms with van der Waals surface area (Å²) in [5.41, 5.74) is 1.02. The molecule has 1 aromatic rings. The highest BCUT2D eigenvalue weighted by Gasteiger charge is 2.41. The second-order valence-electron chi connectivity index (χ2n) is 7.44. The fourth-order valence-electron chi connectivity index (χ4n) is 4.67. The highest BCUT2D eigenvalue weighted by molar-refractivity contribution is 5.85. The molecule has 3 aliphatic rings. The van der Waals surface area contributed by atoms with Gasteiger partial charge in [-0.2, -0.15) is 0 Å². The molecule has 3 heterocycles. The first-order valence-electron chi connectivity index (χ1n) is 8.91. The zero-order chi connectivity index (χ0) is 17.6. The lowest BCUT2D eigenvalue weighted by Gasteiger charge is -2.44. The molecule has 4 unspecified atom stereocenters. The topological polar surface area (TPSA) is 79.6 Å². The molecule has 4 atom stereocenters. The van der Waals surface area contributed by atoms with Crippen molar-refractivity contribution < 1.29 is 14.7 Å². The van der Waals surface area contributed by atoms with Gasteiger partial charge in [-0.15, -0.1) is 0 Å². The van der Waals surface area contributed by atoms with Crippen molar-refractivity contribution in [3.05, 3.63) is 46.4 Å². The summed E-state index contributed by atoms with van der Waals surface area (Å²) in [7, 11) is 0. The number of rotatable bonds is 2. The predicted molar refractivity (Wildman–Crippen MR) is 91.1 cm³/mol. The fourth-order valence-corrected chi connectivity index (χ4v) is 4.67. The normalized spacial score (nSPS) is 30.6. The number of nitrogens with zero attached hydrogens (tertiary/aromatic N) is 2. The highest BCUT2D eigenvalue weighted by Crippen LogP contribution is 2.37. The van der Waals surface area contributed by atoms with Gasteiger partial charge in [-0.1, -0.05) is 18.2 Å². The highest BCUT2D eigenvalue weighted by atomic mass is 16.4. The number of likely N-dealkylation sites (tertiary alicyclic amines) is 1. The summed E-state index contributed by atoms with van der Waals surface area (Å²) >= 11 is 0. The molecule has 6 nitrogen and oxygen atoms in total. The van der Waals surface area contributed by atoms with E-state index in [2.05, 4.69) is 0 Å². The van der Waals surface area contributed by atoms with Gasteiger partial charge >= 0.3 is 5.97 Å². The number of pyridine rings is 1. The molecular formula is C19H22N2O4. The number of carboxylic acid groups (broad SMARTS) is 1. The van der Waals surface area contributed by atoms with E-state index in [-0.39, 0.29) is 23.3 Å². The molecule has 2 aliphatic heterocycles. The van der Waals surface area contributed by atoms with Crippen LogP contribution in [-0.2, 0) is 16.1 Å². The molecule has 0 spiro atoms. The molecule has 6 heteroatoms. The van der Waals surface area contributed by atoms with Crippen LogP contribution in [0, 0.1) is 17.8 Å². The average Bonchev–Trinajstić information content (AvgIpc) is 2.62. The summed E-state index contributed by atoms with van der Waals surface area (Å²) in [6.45, 7) is 1.83. The summed E-state index contributed by atoms with van der Waals surface area (Å²) in [5.74, 6) is -1.62. The van der Waals surface area contributed by atoms with Crippen LogP contribution in [0.15, 0.2) is 35.1 Å². The summed E-state index contributed by atoms with van der Waals surface area (Å²) in [4.78, 5) is 38.5. The lowest BCUT2D eigenvalue weighted by molar-refractivity contribution is -0.151. The van der Waals surface area contributed by atoms with E-state index in [1.165, 1.54) is 0 Å². The Hall–Kier alpha value is -2.37. The Morgan fingerprint density at radius 3 is 2.56 bits per heavy atom. The van der Waals surface area contributed by atoms with Crippen molar-refractivity contribution in [1.82, 2.24) is 9.47 Å². The summed E-state index contributed by atoms with van der Waals surface area (Å²) in [5, 5.41) is 9.44. The van der Waals surface area contributed by atoms with E-state index in [1.807, 2.05) is 27.7 Å². The Morgan fingerprint density at radius 1 is 1.04 bits per heavy atom. The number of hydrogen-bond donors (Lipinski definition) is 1. The van der Waals surface area contributed by atoms with Crippen molar-refractivity contribution in [2.45, 2.75) is 31.7 Å². The Labute approximate surface area is 145 Å². The first kappa shape index (κ1) is 16.1. The molecule has 2 bridgehead atoms. The summed E-state index contributed by atoms with van der Waals surface area (Å²) < 4.78 is 1.84. The number of carbonyl (C=O) groups excluding carboxylic acids is 1. The van der Waals surface area contributed by atoms with Crippen LogP contribution in [0.3, 0.4) is 0 Å². The molecule has 1 amide bonds. The van der Waals surface area contributed by atoms with Crippen molar-refractivity contribution in [3.63, 3.8) is 0 Å². The van der Waals surface area contributed by atoms with E-state index < -0.39 is 17.8 Å². The number of amides is 1. The third-order valence-electron chi connectivity index (χ3n) is 5.86. The average molecular weight is 342 g/mol. The maximum absolute atomic E-state index is 13.0. The molecule has 1 fully saturated rings. The van der Waals surface area contributed by atoms with Crippen molar-refractivity contribution >= 4 is 11.9 Å². The van der Waals surface area contributed by atoms with Gasteiger partial charge in [-0.25, -0.2) is 0 Å². The van der Waals surface area contributed by atoms with E-state index in [9.17, 15) is 19.5 Å². The van der Waals surface area contributed by atoms with Crippen molar-refractivity contribution in [2.75, 3.05) is 13.1 Å². The number of aromatic nitrogens is 1. The molecule has 1 N–H and O–H groups in total. The molecular weight excluding hydrogens is 320 g/mol. The second-order valence-corrected chi connectivity index (χ2v) is 7.44. The SMILES string of the molecule is O=C(O)C1CC=CCC1C(=O)N1CC2CC(C1)c1cccc(=O)n1C2. The van der Waals surface area contributed by atoms with Gasteiger partial charge in [0.1, 0.15) is 0 Å². The lowest BCUT2D eigenvalue weighted by atomic mass is 9.79. The van der Waals surface area contributed by atoms with Crippen LogP contribution in [0.5, 0.6) is 0 Å². The lowest BCUT2D eigenvalue weighted by Crippen LogP contribution is -2.51. The number of carbonyl (C=O) groups is 2. The Bertz CT molecular complexity index is 797. The molecule has 1 aliphatic carbocycles. The van der Waals surface area contributed by atoms with E-state index in [4.69, 9.17) is 0 Å². The number of piperidine rings is 1. The Balaban J connectivity index is 1.58. The van der Waals surface area contributed by atoms with Crippen LogP contribution >= 0.6 is 0 Å². The molecule has 4 rings (SSSR count). The predicted octanol–water partition coefficient (Wildman–Crippen LogP) is 1.46. The number of carboxylic acids is 1. The minimum absolute atomic E-state index is 0.0235. The van der Waals surface area contributed by atoms with Crippen LogP contribution in [0.4, 0.5) is 0 Å². The first-order chi connectivity index (χ1) is 12.0. The van der Waals surface area contributed by atoms with Crippen molar-refractivity contribution in [2.24, 2.45) is 17.8 Å². The Morgan fingerprint density at radius 2 is 1.80 bits per heavy atom. The molecule has 0 aromatic carbocycles. The molecule has 1 aromatic heterocycles. The van der Waals surface area contributed by atoms with Crippen molar-refractivity contribution in [3.8, 4) is 0 Å². The number of fused-ring (bicyclic) bond motifs is 4. The molecule has 132 valence electrons. The van der Waals surface area contributed by atoms with Crippen LogP contribution in [-0.4, -0.2) is 39.5 Å². The number of allylic oxidation sites excluding steroid dienone is 2. The van der Waals surface area contributed by atoms with E-state index >= 15 is 0 Å². The maximum Gasteiger partial charge on any atom is 0.307 e. The van der Waals surface area contributed by atoms with Gasteiger partial charge in [0.2, 0.25) is 5.91 Å². The second kappa shape index (κ2) is 6.17. The molecule has 1 saturated heterocycles. The van der Waals surface area contributed by atoms with Gasteiger partial charge in [0.15, 0.2) is 0 Å². The van der Waals surface area contributed by atoms with Gasteiger partial charge in [0.05, 0.1) is 11.8 Å². The van der Waals surface area contributed by atoms with Crippen LogP contribution in [0.2, 0.25) is 0 Å². The zero-order valence-corrected chi connectivity index (χ0v) is 14.0. The van der Waals surface area contributed by atoms with Gasteiger partial charge in [-0.05, 0) is 31.2 Å². The molecule has 0 radical (unpaired) electrons. The van der Waals surface area contributed by atoms with E-state index in [0.29, 0.717) is 32.5 Å². The van der Waals surface area contributed by atoms with Gasteiger partial charge in [0.25, 0.3) is 5.56 Å². The smallest absolute Gasteiger partial charge is 0.307 e. The van der Waals surface area contributed by atoms with E-state index in [1.54, 1.807) is 12.1 Å². The van der Waals surface area contributed by atoms with Gasteiger partial charge in [-0.3, -0.25) is 14.4 Å². The zero-order valence-electron chi connectivity index (χ0n) is 14.0. The largest absolute Gasteiger partial charge is 0.481 e. The van der Waals surface area contributed by atoms with Crippen LogP contribution in [0.1, 0.15) is 30.9 Å². The minimum atomic E-state index is -0.892. The number of aliphatic carboxylic acids is 1. The maximum atomic E-state index is 13.0. The molecule has 0 saturated carbocycles. The third-order valence-corrected chi connectivity index (χ3v) is 5.86. The minimum Gasteiger partial charge on any atom is -0.481 e. The monoisotopic (exact) mass is 342 g/mol. The quantitative estimate of drug-likeness (QED) is 0.825. The van der Waals surface area contributed by atoms with Gasteiger partial charge < -0.3 is 14.6 Å².